The van der Waals surface area contributed by atoms with Crippen molar-refractivity contribution in [3.05, 3.63) is 66.1 Å². The number of nitrogens with zero attached hydrogens (tertiary/aromatic N) is 2. The first kappa shape index (κ1) is 20.6. The first-order chi connectivity index (χ1) is 14.3. The highest BCUT2D eigenvalue weighted by Gasteiger charge is 2.36. The summed E-state index contributed by atoms with van der Waals surface area (Å²) in [6, 6.07) is 16.4. The lowest BCUT2D eigenvalue weighted by atomic mass is 10.1. The lowest BCUT2D eigenvalue weighted by Gasteiger charge is -2.21. The summed E-state index contributed by atoms with van der Waals surface area (Å²) in [5, 5.41) is 1.81. The Hall–Kier alpha value is -2.64. The second kappa shape index (κ2) is 7.89. The van der Waals surface area contributed by atoms with E-state index in [1.165, 1.54) is 11.9 Å². The van der Waals surface area contributed by atoms with Crippen LogP contribution in [0.4, 0.5) is 0 Å². The van der Waals surface area contributed by atoms with Crippen molar-refractivity contribution in [1.82, 2.24) is 9.21 Å². The molecule has 1 fully saturated rings. The Morgan fingerprint density at radius 3 is 2.47 bits per heavy atom. The maximum atomic E-state index is 12.9. The minimum atomic E-state index is -3.77. The number of hydrogen-bond donors (Lipinski definition) is 0. The number of furan rings is 1. The van der Waals surface area contributed by atoms with Gasteiger partial charge in [0, 0.05) is 20.0 Å². The second-order valence-corrected chi connectivity index (χ2v) is 10.2. The Kier molecular flexibility index (Phi) is 5.42. The van der Waals surface area contributed by atoms with Gasteiger partial charge in [-0.25, -0.2) is 8.42 Å². The summed E-state index contributed by atoms with van der Waals surface area (Å²) in [7, 11) is -0.695. The van der Waals surface area contributed by atoms with Crippen LogP contribution in [0.5, 0.6) is 0 Å². The van der Waals surface area contributed by atoms with Crippen LogP contribution in [0, 0.1) is 5.92 Å². The van der Waals surface area contributed by atoms with Crippen LogP contribution in [0.2, 0.25) is 0 Å². The van der Waals surface area contributed by atoms with Crippen LogP contribution in [-0.2, 0) is 21.4 Å². The summed E-state index contributed by atoms with van der Waals surface area (Å²) in [6.07, 6.45) is 1.14. The first-order valence-corrected chi connectivity index (χ1v) is 11.5. The van der Waals surface area contributed by atoms with E-state index in [4.69, 9.17) is 4.42 Å². The molecule has 0 saturated heterocycles. The molecule has 7 heteroatoms. The summed E-state index contributed by atoms with van der Waals surface area (Å²) in [5.41, 5.74) is 0. The van der Waals surface area contributed by atoms with E-state index >= 15 is 0 Å². The molecule has 6 nitrogen and oxygen atoms in total. The predicted octanol–water partition coefficient (Wildman–Crippen LogP) is 3.84. The minimum absolute atomic E-state index is 0.174. The van der Waals surface area contributed by atoms with Gasteiger partial charge in [0.05, 0.1) is 18.0 Å². The molecule has 158 valence electrons. The van der Waals surface area contributed by atoms with Crippen LogP contribution in [0.15, 0.2) is 63.9 Å². The van der Waals surface area contributed by atoms with Crippen molar-refractivity contribution in [1.29, 1.82) is 0 Å². The van der Waals surface area contributed by atoms with Crippen molar-refractivity contribution in [3.63, 3.8) is 0 Å². The van der Waals surface area contributed by atoms with Crippen molar-refractivity contribution in [3.8, 4) is 0 Å². The van der Waals surface area contributed by atoms with E-state index in [1.54, 1.807) is 25.2 Å². The molecule has 0 spiro atoms. The third-order valence-electron chi connectivity index (χ3n) is 5.76. The topological polar surface area (TPSA) is 70.8 Å². The summed E-state index contributed by atoms with van der Waals surface area (Å²) < 4.78 is 32.8. The van der Waals surface area contributed by atoms with Gasteiger partial charge in [0.2, 0.25) is 15.9 Å². The molecule has 2 atom stereocenters. The van der Waals surface area contributed by atoms with Gasteiger partial charge in [-0.2, -0.15) is 4.31 Å². The van der Waals surface area contributed by atoms with Gasteiger partial charge in [-0.15, -0.1) is 0 Å². The molecular weight excluding hydrogens is 400 g/mol. The van der Waals surface area contributed by atoms with Crippen LogP contribution < -0.4 is 0 Å². The van der Waals surface area contributed by atoms with Gasteiger partial charge in [0.15, 0.2) is 0 Å². The van der Waals surface area contributed by atoms with Gasteiger partial charge in [0.25, 0.3) is 0 Å². The molecule has 1 aliphatic carbocycles. The Bertz CT molecular complexity index is 1180. The molecular formula is C23H26N2O4S. The molecule has 3 aromatic rings. The molecule has 0 aliphatic heterocycles. The van der Waals surface area contributed by atoms with Gasteiger partial charge in [-0.1, -0.05) is 37.3 Å². The number of hydrogen-bond acceptors (Lipinski definition) is 4. The third-order valence-corrected chi connectivity index (χ3v) is 7.56. The molecule has 1 amide bonds. The van der Waals surface area contributed by atoms with E-state index in [9.17, 15) is 13.2 Å². The lowest BCUT2D eigenvalue weighted by Crippen LogP contribution is -2.39. The SMILES string of the molecule is C[C@H]1C[C@H]1c1ccc(CN(C)C(=O)CN(C)S(=O)(=O)c2ccc3ccccc3c2)o1. The van der Waals surface area contributed by atoms with Gasteiger partial charge >= 0.3 is 0 Å². The first-order valence-electron chi connectivity index (χ1n) is 10.0. The highest BCUT2D eigenvalue weighted by Crippen LogP contribution is 2.47. The molecule has 1 aliphatic rings. The van der Waals surface area contributed by atoms with E-state index in [0.717, 1.165) is 27.3 Å². The van der Waals surface area contributed by atoms with Crippen molar-refractivity contribution < 1.29 is 17.6 Å². The average Bonchev–Trinajstić information content (AvgIpc) is 3.28. The van der Waals surface area contributed by atoms with Crippen LogP contribution in [0.25, 0.3) is 10.8 Å². The van der Waals surface area contributed by atoms with Gasteiger partial charge < -0.3 is 9.32 Å². The van der Waals surface area contributed by atoms with Gasteiger partial charge in [0.1, 0.15) is 11.5 Å². The highest BCUT2D eigenvalue weighted by atomic mass is 32.2. The molecule has 1 aromatic heterocycles. The molecule has 2 aromatic carbocycles. The summed E-state index contributed by atoms with van der Waals surface area (Å²) >= 11 is 0. The Labute approximate surface area is 177 Å². The Morgan fingerprint density at radius 2 is 1.77 bits per heavy atom. The fourth-order valence-corrected chi connectivity index (χ4v) is 4.78. The van der Waals surface area contributed by atoms with E-state index in [1.807, 2.05) is 36.4 Å². The molecule has 0 bridgehead atoms. The summed E-state index contributed by atoms with van der Waals surface area (Å²) in [5.74, 6) is 2.52. The molecule has 1 heterocycles. The normalized spacial score (nSPS) is 18.7. The molecule has 0 unspecified atom stereocenters. The maximum absolute atomic E-state index is 12.9. The maximum Gasteiger partial charge on any atom is 0.243 e. The number of carbonyl (C=O) groups is 1. The number of fused-ring (bicyclic) bond motifs is 1. The lowest BCUT2D eigenvalue weighted by molar-refractivity contribution is -0.130. The largest absolute Gasteiger partial charge is 0.464 e. The van der Waals surface area contributed by atoms with Crippen molar-refractivity contribution in [2.45, 2.75) is 30.7 Å². The van der Waals surface area contributed by atoms with Crippen LogP contribution in [0.3, 0.4) is 0 Å². The van der Waals surface area contributed by atoms with Crippen LogP contribution in [-0.4, -0.2) is 44.2 Å². The number of sulfonamides is 1. The quantitative estimate of drug-likeness (QED) is 0.576. The average molecular weight is 427 g/mol. The molecule has 1 saturated carbocycles. The van der Waals surface area contributed by atoms with Crippen LogP contribution >= 0.6 is 0 Å². The fraction of sp³-hybridized carbons (Fsp3) is 0.348. The zero-order chi connectivity index (χ0) is 21.5. The number of rotatable bonds is 7. The predicted molar refractivity (Wildman–Crippen MR) is 115 cm³/mol. The van der Waals surface area contributed by atoms with Gasteiger partial charge in [-0.05, 0) is 47.4 Å². The number of amides is 1. The molecule has 30 heavy (non-hydrogen) atoms. The fourth-order valence-electron chi connectivity index (χ4n) is 3.62. The number of benzene rings is 2. The second-order valence-electron chi connectivity index (χ2n) is 8.14. The Balaban J connectivity index is 1.41. The monoisotopic (exact) mass is 426 g/mol. The molecule has 0 radical (unpaired) electrons. The smallest absolute Gasteiger partial charge is 0.243 e. The van der Waals surface area contributed by atoms with E-state index < -0.39 is 10.0 Å². The van der Waals surface area contributed by atoms with E-state index in [-0.39, 0.29) is 17.3 Å². The van der Waals surface area contributed by atoms with Crippen LogP contribution in [0.1, 0.15) is 30.8 Å². The van der Waals surface area contributed by atoms with E-state index in [2.05, 4.69) is 6.92 Å². The minimum Gasteiger partial charge on any atom is -0.464 e. The third kappa shape index (κ3) is 4.13. The van der Waals surface area contributed by atoms with Crippen molar-refractivity contribution >= 4 is 26.7 Å². The highest BCUT2D eigenvalue weighted by molar-refractivity contribution is 7.89. The standard InChI is InChI=1S/C23H26N2O4S/c1-16-12-21(16)22-11-9-19(29-22)14-24(2)23(26)15-25(3)30(27,28)20-10-8-17-6-4-5-7-18(17)13-20/h4-11,13,16,21H,12,14-15H2,1-3H3/t16-,21+/m0/s1. The summed E-state index contributed by atoms with van der Waals surface area (Å²) in [6.45, 7) is 2.26. The van der Waals surface area contributed by atoms with Crippen molar-refractivity contribution in [2.24, 2.45) is 5.92 Å². The number of carbonyl (C=O) groups excluding carboxylic acids is 1. The number of likely N-dealkylation sites (N-methyl/N-ethyl adjacent to an activating group) is 2. The zero-order valence-electron chi connectivity index (χ0n) is 17.4. The van der Waals surface area contributed by atoms with E-state index in [0.29, 0.717) is 24.1 Å². The Morgan fingerprint density at radius 1 is 1.07 bits per heavy atom. The summed E-state index contributed by atoms with van der Waals surface area (Å²) in [4.78, 5) is 14.3. The zero-order valence-corrected chi connectivity index (χ0v) is 18.2. The molecule has 0 N–H and O–H groups in total. The van der Waals surface area contributed by atoms with Crippen molar-refractivity contribution in [2.75, 3.05) is 20.6 Å². The van der Waals surface area contributed by atoms with Gasteiger partial charge in [-0.3, -0.25) is 4.79 Å². The molecule has 4 rings (SSSR count).